The quantitative estimate of drug-likeness (QED) is 0.563. The predicted molar refractivity (Wildman–Crippen MR) is 104 cm³/mol. The smallest absolute Gasteiger partial charge is 0.357 e. The van der Waals surface area contributed by atoms with Crippen LogP contribution in [0.3, 0.4) is 0 Å². The number of anilines is 1. The lowest BCUT2D eigenvalue weighted by Crippen LogP contribution is -2.40. The second kappa shape index (κ2) is 8.91. The highest BCUT2D eigenvalue weighted by atomic mass is 32.2. The van der Waals surface area contributed by atoms with Crippen molar-refractivity contribution < 1.29 is 34.8 Å². The zero-order chi connectivity index (χ0) is 23.7. The van der Waals surface area contributed by atoms with Crippen molar-refractivity contribution in [3.8, 4) is 0 Å². The Morgan fingerprint density at radius 1 is 1.06 bits per heavy atom. The summed E-state index contributed by atoms with van der Waals surface area (Å²) in [6, 6.07) is 2.69. The highest BCUT2D eigenvalue weighted by molar-refractivity contribution is 7.92. The molecule has 0 spiro atoms. The molecule has 0 N–H and O–H groups in total. The number of aromatic nitrogens is 3. The molecule has 178 valence electrons. The molecule has 6 nitrogen and oxygen atoms in total. The third-order valence-corrected chi connectivity index (χ3v) is 7.59. The molecule has 1 aliphatic heterocycles. The molecule has 3 heterocycles. The molecule has 0 amide bonds. The number of unbranched alkanes of at least 4 members (excludes halogenated alkanes) is 1. The van der Waals surface area contributed by atoms with Crippen LogP contribution in [0, 0.1) is 0 Å². The van der Waals surface area contributed by atoms with Crippen molar-refractivity contribution in [1.29, 1.82) is 0 Å². The summed E-state index contributed by atoms with van der Waals surface area (Å²) < 4.78 is 105. The molecule has 1 fully saturated rings. The van der Waals surface area contributed by atoms with Crippen LogP contribution in [0.25, 0.3) is 0 Å². The summed E-state index contributed by atoms with van der Waals surface area (Å²) in [4.78, 5) is 5.46. The van der Waals surface area contributed by atoms with Crippen LogP contribution in [0.1, 0.15) is 43.9 Å². The summed E-state index contributed by atoms with van der Waals surface area (Å²) in [7, 11) is -4.09. The maximum atomic E-state index is 13.1. The zero-order valence-corrected chi connectivity index (χ0v) is 17.9. The van der Waals surface area contributed by atoms with Crippen LogP contribution in [-0.4, -0.2) is 41.5 Å². The molecule has 0 bridgehead atoms. The van der Waals surface area contributed by atoms with Gasteiger partial charge in [-0.1, -0.05) is 13.3 Å². The molecule has 0 aromatic carbocycles. The van der Waals surface area contributed by atoms with Gasteiger partial charge in [0.05, 0.1) is 10.8 Å². The third-order valence-electron chi connectivity index (χ3n) is 5.33. The largest absolute Gasteiger partial charge is 0.435 e. The van der Waals surface area contributed by atoms with E-state index in [1.807, 2.05) is 6.92 Å². The van der Waals surface area contributed by atoms with E-state index in [1.54, 1.807) is 4.90 Å². The van der Waals surface area contributed by atoms with Crippen molar-refractivity contribution in [1.82, 2.24) is 14.8 Å². The standard InChI is InChI=1S/C19H22F6N4O2S/c1-2-3-8-29-17(11-15(27-29)19(23,24)25)32(30,31)14-6-9-28(10-7-14)16-5-4-13(12-26-16)18(20,21)22/h4-5,11-12,14H,2-3,6-10H2,1H3. The van der Waals surface area contributed by atoms with Gasteiger partial charge >= 0.3 is 12.4 Å². The maximum Gasteiger partial charge on any atom is 0.435 e. The van der Waals surface area contributed by atoms with Crippen molar-refractivity contribution in [2.24, 2.45) is 0 Å². The first kappa shape index (κ1) is 24.3. The number of halogens is 6. The van der Waals surface area contributed by atoms with Crippen LogP contribution in [0.4, 0.5) is 32.2 Å². The van der Waals surface area contributed by atoms with Gasteiger partial charge in [0.2, 0.25) is 0 Å². The maximum absolute atomic E-state index is 13.1. The normalized spacial score (nSPS) is 16.5. The number of sulfone groups is 1. The van der Waals surface area contributed by atoms with Crippen molar-refractivity contribution in [2.45, 2.75) is 61.8 Å². The molecule has 0 unspecified atom stereocenters. The van der Waals surface area contributed by atoms with Crippen molar-refractivity contribution >= 4 is 15.7 Å². The van der Waals surface area contributed by atoms with Gasteiger partial charge in [-0.15, -0.1) is 0 Å². The summed E-state index contributed by atoms with van der Waals surface area (Å²) >= 11 is 0. The fourth-order valence-electron chi connectivity index (χ4n) is 3.54. The topological polar surface area (TPSA) is 68.1 Å². The van der Waals surface area contributed by atoms with Gasteiger partial charge in [0, 0.05) is 31.9 Å². The summed E-state index contributed by atoms with van der Waals surface area (Å²) in [5, 5.41) is 2.09. The van der Waals surface area contributed by atoms with Gasteiger partial charge in [0.1, 0.15) is 5.82 Å². The number of aryl methyl sites for hydroxylation is 1. The lowest BCUT2D eigenvalue weighted by atomic mass is 10.1. The van der Waals surface area contributed by atoms with Crippen LogP contribution >= 0.6 is 0 Å². The van der Waals surface area contributed by atoms with Crippen molar-refractivity contribution in [3.63, 3.8) is 0 Å². The number of pyridine rings is 1. The molecule has 1 aliphatic rings. The molecule has 2 aromatic rings. The van der Waals surface area contributed by atoms with Gasteiger partial charge in [-0.2, -0.15) is 31.4 Å². The Morgan fingerprint density at radius 2 is 1.72 bits per heavy atom. The minimum atomic E-state index is -4.76. The molecule has 3 rings (SSSR count). The SMILES string of the molecule is CCCCn1nc(C(F)(F)F)cc1S(=O)(=O)C1CCN(c2ccc(C(F)(F)F)cn2)CC1. The summed E-state index contributed by atoms with van der Waals surface area (Å²) in [5.74, 6) is 0.279. The molecule has 13 heteroatoms. The van der Waals surface area contributed by atoms with Crippen molar-refractivity contribution in [3.05, 3.63) is 35.7 Å². The predicted octanol–water partition coefficient (Wildman–Crippen LogP) is 4.56. The van der Waals surface area contributed by atoms with Crippen LogP contribution in [0.5, 0.6) is 0 Å². The molecular formula is C19H22F6N4O2S. The Labute approximate surface area is 181 Å². The van der Waals surface area contributed by atoms with Gasteiger partial charge in [-0.3, -0.25) is 4.68 Å². The van der Waals surface area contributed by atoms with E-state index in [0.29, 0.717) is 25.1 Å². The van der Waals surface area contributed by atoms with E-state index in [1.165, 1.54) is 6.07 Å². The molecule has 1 saturated heterocycles. The Kier molecular flexibility index (Phi) is 6.78. The molecule has 0 aliphatic carbocycles. The third kappa shape index (κ3) is 5.18. The average molecular weight is 484 g/mol. The van der Waals surface area contributed by atoms with Crippen LogP contribution < -0.4 is 4.90 Å². The average Bonchev–Trinajstić information content (AvgIpc) is 3.17. The molecular weight excluding hydrogens is 462 g/mol. The second-order valence-electron chi connectivity index (χ2n) is 7.58. The summed E-state index contributed by atoms with van der Waals surface area (Å²) in [5.41, 5.74) is -2.14. The van der Waals surface area contributed by atoms with Crippen molar-refractivity contribution in [2.75, 3.05) is 18.0 Å². The fraction of sp³-hybridized carbons (Fsp3) is 0.579. The Balaban J connectivity index is 1.76. The highest BCUT2D eigenvalue weighted by Crippen LogP contribution is 2.34. The number of piperidine rings is 1. The molecule has 32 heavy (non-hydrogen) atoms. The molecule has 0 saturated carbocycles. The van der Waals surface area contributed by atoms with E-state index in [2.05, 4.69) is 10.1 Å². The van der Waals surface area contributed by atoms with Crippen LogP contribution in [0.15, 0.2) is 29.4 Å². The Bertz CT molecular complexity index is 1020. The van der Waals surface area contributed by atoms with E-state index in [9.17, 15) is 34.8 Å². The monoisotopic (exact) mass is 484 g/mol. The molecule has 0 atom stereocenters. The highest BCUT2D eigenvalue weighted by Gasteiger charge is 2.40. The van der Waals surface area contributed by atoms with Crippen LogP contribution in [0.2, 0.25) is 0 Å². The van der Waals surface area contributed by atoms with Gasteiger partial charge in [0.25, 0.3) is 0 Å². The first-order chi connectivity index (χ1) is 14.8. The fourth-order valence-corrected chi connectivity index (χ4v) is 5.42. The van der Waals surface area contributed by atoms with Crippen LogP contribution in [-0.2, 0) is 28.7 Å². The first-order valence-corrected chi connectivity index (χ1v) is 11.6. The van der Waals surface area contributed by atoms with Gasteiger partial charge in [0.15, 0.2) is 20.6 Å². The van der Waals surface area contributed by atoms with Gasteiger partial charge in [-0.05, 0) is 31.4 Å². The van der Waals surface area contributed by atoms with E-state index in [4.69, 9.17) is 0 Å². The number of nitrogens with zero attached hydrogens (tertiary/aromatic N) is 4. The first-order valence-electron chi connectivity index (χ1n) is 10.0. The zero-order valence-electron chi connectivity index (χ0n) is 17.1. The second-order valence-corrected chi connectivity index (χ2v) is 9.75. The number of rotatable bonds is 6. The lowest BCUT2D eigenvalue weighted by molar-refractivity contribution is -0.141. The van der Waals surface area contributed by atoms with Gasteiger partial charge < -0.3 is 4.90 Å². The minimum Gasteiger partial charge on any atom is -0.357 e. The van der Waals surface area contributed by atoms with Gasteiger partial charge in [-0.25, -0.2) is 13.4 Å². The number of hydrogen-bond acceptors (Lipinski definition) is 5. The van der Waals surface area contributed by atoms with E-state index >= 15 is 0 Å². The number of alkyl halides is 6. The van der Waals surface area contributed by atoms with E-state index in [-0.39, 0.29) is 38.3 Å². The lowest BCUT2D eigenvalue weighted by Gasteiger charge is -2.32. The van der Waals surface area contributed by atoms with E-state index < -0.39 is 43.7 Å². The summed E-state index contributed by atoms with van der Waals surface area (Å²) in [6.07, 6.45) is -7.24. The minimum absolute atomic E-state index is 0.0511. The Morgan fingerprint density at radius 3 is 2.22 bits per heavy atom. The Hall–Kier alpha value is -2.31. The molecule has 0 radical (unpaired) electrons. The van der Waals surface area contributed by atoms with E-state index in [0.717, 1.165) is 10.7 Å². The summed E-state index contributed by atoms with van der Waals surface area (Å²) in [6.45, 7) is 2.26. The molecule has 2 aromatic heterocycles. The number of hydrogen-bond donors (Lipinski definition) is 0.